The van der Waals surface area contributed by atoms with Crippen LogP contribution in [0.5, 0.6) is 0 Å². The summed E-state index contributed by atoms with van der Waals surface area (Å²) in [5.41, 5.74) is 11.2. The molecule has 0 radical (unpaired) electrons. The van der Waals surface area contributed by atoms with Crippen molar-refractivity contribution in [3.8, 4) is 0 Å². The zero-order valence-electron chi connectivity index (χ0n) is 29.9. The van der Waals surface area contributed by atoms with Crippen LogP contribution in [-0.2, 0) is 38.4 Å². The van der Waals surface area contributed by atoms with E-state index in [1.54, 1.807) is 27.7 Å². The SMILES string of the molecule is CC(C)[C@H](N)C(=O)N[C@@H](CCC(=O)O)C(=O)N[C@@H](C)C(=O)N[C@H](C(=O)N[C@H](C(=O)N[C@@H](CO)C(=O)N[C@@H](CCCCN)C(=O)O)[C@@H](C)O)C(C)C. The van der Waals surface area contributed by atoms with Crippen molar-refractivity contribution in [3.05, 3.63) is 0 Å². The standard InChI is InChI=1S/C31H56N8O12/c1-14(2)22(33)28(47)35-18(10-11-21(42)43)26(45)34-16(5)25(44)38-23(15(3)4)29(48)39-24(17(6)41)30(49)37-20(13-40)27(46)36-19(31(50)51)9-7-8-12-32/h14-20,22-24,40-41H,7-13,32-33H2,1-6H3,(H,34,45)(H,35,47)(H,36,46)(H,37,49)(H,38,44)(H,39,48)(H,42,43)(H,50,51)/t16-,17+,18-,19-,20-,22-,23-,24-/m0/s1. The predicted octanol–water partition coefficient (Wildman–Crippen LogP) is -3.99. The van der Waals surface area contributed by atoms with Gasteiger partial charge in [-0.1, -0.05) is 27.7 Å². The molecule has 0 aromatic carbocycles. The topological polar surface area (TPSA) is 342 Å². The third-order valence-corrected chi connectivity index (χ3v) is 7.74. The molecule has 0 saturated heterocycles. The van der Waals surface area contributed by atoms with Crippen LogP contribution in [0.1, 0.15) is 73.6 Å². The summed E-state index contributed by atoms with van der Waals surface area (Å²) in [6.07, 6.45) is -1.41. The Labute approximate surface area is 296 Å². The van der Waals surface area contributed by atoms with Gasteiger partial charge in [0.25, 0.3) is 0 Å². The quantitative estimate of drug-likeness (QED) is 0.0421. The number of carbonyl (C=O) groups is 8. The third kappa shape index (κ3) is 16.9. The van der Waals surface area contributed by atoms with Gasteiger partial charge in [-0.25, -0.2) is 4.79 Å². The van der Waals surface area contributed by atoms with Gasteiger partial charge in [0, 0.05) is 6.42 Å². The largest absolute Gasteiger partial charge is 0.481 e. The zero-order valence-corrected chi connectivity index (χ0v) is 29.9. The molecule has 8 atom stereocenters. The number of nitrogens with one attached hydrogen (secondary N) is 6. The Morgan fingerprint density at radius 1 is 0.588 bits per heavy atom. The number of hydrogen-bond acceptors (Lipinski definition) is 12. The van der Waals surface area contributed by atoms with Crippen molar-refractivity contribution < 1.29 is 58.8 Å². The highest BCUT2D eigenvalue weighted by atomic mass is 16.4. The minimum absolute atomic E-state index is 0.0379. The normalized spacial score (nSPS) is 15.9. The van der Waals surface area contributed by atoms with Gasteiger partial charge in [-0.15, -0.1) is 0 Å². The minimum atomic E-state index is -1.70. The van der Waals surface area contributed by atoms with Gasteiger partial charge in [-0.3, -0.25) is 33.6 Å². The smallest absolute Gasteiger partial charge is 0.326 e. The summed E-state index contributed by atoms with van der Waals surface area (Å²) < 4.78 is 0. The van der Waals surface area contributed by atoms with Crippen LogP contribution in [0.4, 0.5) is 0 Å². The number of aliphatic hydroxyl groups excluding tert-OH is 2. The van der Waals surface area contributed by atoms with Gasteiger partial charge in [-0.05, 0) is 57.9 Å². The maximum Gasteiger partial charge on any atom is 0.326 e. The van der Waals surface area contributed by atoms with Gasteiger partial charge in [0.05, 0.1) is 18.8 Å². The van der Waals surface area contributed by atoms with Crippen LogP contribution in [0.2, 0.25) is 0 Å². The Morgan fingerprint density at radius 2 is 1.10 bits per heavy atom. The zero-order chi connectivity index (χ0) is 39.6. The molecule has 0 aliphatic rings. The first kappa shape index (κ1) is 46.6. The number of carboxylic acids is 2. The Morgan fingerprint density at radius 3 is 1.57 bits per heavy atom. The average Bonchev–Trinajstić information content (AvgIpc) is 3.04. The molecule has 0 aliphatic carbocycles. The van der Waals surface area contributed by atoms with E-state index in [1.165, 1.54) is 6.92 Å². The maximum atomic E-state index is 13.3. The first-order valence-corrected chi connectivity index (χ1v) is 16.7. The van der Waals surface area contributed by atoms with Crippen molar-refractivity contribution in [1.82, 2.24) is 31.9 Å². The number of aliphatic hydroxyl groups is 2. The Bertz CT molecular complexity index is 1220. The summed E-state index contributed by atoms with van der Waals surface area (Å²) in [7, 11) is 0. The summed E-state index contributed by atoms with van der Waals surface area (Å²) in [4.78, 5) is 100. The lowest BCUT2D eigenvalue weighted by molar-refractivity contribution is -0.143. The summed E-state index contributed by atoms with van der Waals surface area (Å²) >= 11 is 0. The number of unbranched alkanes of at least 4 members (excludes halogenated alkanes) is 1. The lowest BCUT2D eigenvalue weighted by atomic mass is 10.0. The van der Waals surface area contributed by atoms with E-state index in [0.717, 1.165) is 6.92 Å². The molecule has 20 nitrogen and oxygen atoms in total. The van der Waals surface area contributed by atoms with Gasteiger partial charge in [0.2, 0.25) is 35.4 Å². The minimum Gasteiger partial charge on any atom is -0.481 e. The van der Waals surface area contributed by atoms with Gasteiger partial charge >= 0.3 is 11.9 Å². The monoisotopic (exact) mass is 732 g/mol. The first-order valence-electron chi connectivity index (χ1n) is 16.7. The lowest BCUT2D eigenvalue weighted by Crippen LogP contribution is -2.62. The van der Waals surface area contributed by atoms with Gasteiger partial charge in [0.15, 0.2) is 0 Å². The summed E-state index contributed by atoms with van der Waals surface area (Å²) in [5.74, 6) is -9.01. The van der Waals surface area contributed by atoms with Crippen LogP contribution in [-0.4, -0.2) is 129 Å². The van der Waals surface area contributed by atoms with Crippen molar-refractivity contribution in [1.29, 1.82) is 0 Å². The summed E-state index contributed by atoms with van der Waals surface area (Å²) in [6, 6.07) is -9.66. The fourth-order valence-corrected chi connectivity index (χ4v) is 4.43. The molecule has 0 spiro atoms. The fourth-order valence-electron chi connectivity index (χ4n) is 4.43. The van der Waals surface area contributed by atoms with Crippen LogP contribution < -0.4 is 43.4 Å². The number of nitrogens with two attached hydrogens (primary N) is 2. The molecular weight excluding hydrogens is 676 g/mol. The highest BCUT2D eigenvalue weighted by Crippen LogP contribution is 2.07. The maximum absolute atomic E-state index is 13.3. The molecule has 6 amide bonds. The van der Waals surface area contributed by atoms with Crippen molar-refractivity contribution >= 4 is 47.4 Å². The van der Waals surface area contributed by atoms with E-state index < -0.39 is 115 Å². The second-order valence-corrected chi connectivity index (χ2v) is 12.9. The third-order valence-electron chi connectivity index (χ3n) is 7.74. The van der Waals surface area contributed by atoms with Gasteiger partial charge < -0.3 is 63.8 Å². The average molecular weight is 733 g/mol. The van der Waals surface area contributed by atoms with E-state index >= 15 is 0 Å². The highest BCUT2D eigenvalue weighted by molar-refractivity contribution is 5.97. The number of rotatable bonds is 24. The molecule has 51 heavy (non-hydrogen) atoms. The summed E-state index contributed by atoms with van der Waals surface area (Å²) in [5, 5.41) is 52.4. The molecule has 20 heteroatoms. The second-order valence-electron chi connectivity index (χ2n) is 12.9. The van der Waals surface area contributed by atoms with E-state index in [0.29, 0.717) is 19.4 Å². The number of amides is 6. The number of carboxylic acid groups (broad SMARTS) is 2. The predicted molar refractivity (Wildman–Crippen MR) is 181 cm³/mol. The van der Waals surface area contributed by atoms with Gasteiger partial charge in [0.1, 0.15) is 36.3 Å². The first-order chi connectivity index (χ1) is 23.7. The Hall–Kier alpha value is -4.40. The van der Waals surface area contributed by atoms with Crippen molar-refractivity contribution in [2.45, 2.75) is 122 Å². The molecule has 0 rings (SSSR count). The fraction of sp³-hybridized carbons (Fsp3) is 0.742. The van der Waals surface area contributed by atoms with E-state index in [-0.39, 0.29) is 18.8 Å². The molecule has 0 saturated carbocycles. The summed E-state index contributed by atoms with van der Waals surface area (Å²) in [6.45, 7) is 8.26. The lowest BCUT2D eigenvalue weighted by Gasteiger charge is -2.29. The van der Waals surface area contributed by atoms with E-state index in [4.69, 9.17) is 16.6 Å². The number of hydrogen-bond donors (Lipinski definition) is 12. The van der Waals surface area contributed by atoms with Gasteiger partial charge in [-0.2, -0.15) is 0 Å². The number of carbonyl (C=O) groups excluding carboxylic acids is 6. The van der Waals surface area contributed by atoms with Crippen LogP contribution >= 0.6 is 0 Å². The Kier molecular flexibility index (Phi) is 21.1. The molecule has 0 bridgehead atoms. The van der Waals surface area contributed by atoms with E-state index in [9.17, 15) is 53.7 Å². The van der Waals surface area contributed by atoms with Crippen LogP contribution in [0.15, 0.2) is 0 Å². The molecule has 0 aliphatic heterocycles. The highest BCUT2D eigenvalue weighted by Gasteiger charge is 2.35. The van der Waals surface area contributed by atoms with Crippen LogP contribution in [0.25, 0.3) is 0 Å². The molecule has 0 aromatic heterocycles. The van der Waals surface area contributed by atoms with Crippen molar-refractivity contribution in [3.63, 3.8) is 0 Å². The van der Waals surface area contributed by atoms with E-state index in [1.807, 2.05) is 0 Å². The second kappa shape index (κ2) is 23.1. The Balaban J connectivity index is 5.70. The number of aliphatic carboxylic acids is 2. The molecule has 0 fully saturated rings. The molecule has 0 aromatic rings. The molecule has 14 N–H and O–H groups in total. The van der Waals surface area contributed by atoms with Crippen LogP contribution in [0.3, 0.4) is 0 Å². The molecule has 0 heterocycles. The van der Waals surface area contributed by atoms with E-state index in [2.05, 4.69) is 31.9 Å². The molecular formula is C31H56N8O12. The van der Waals surface area contributed by atoms with Crippen LogP contribution in [0, 0.1) is 11.8 Å². The molecule has 292 valence electrons. The molecule has 0 unspecified atom stereocenters. The van der Waals surface area contributed by atoms with Crippen molar-refractivity contribution in [2.24, 2.45) is 23.3 Å². The van der Waals surface area contributed by atoms with Crippen molar-refractivity contribution in [2.75, 3.05) is 13.2 Å².